The lowest BCUT2D eigenvalue weighted by Gasteiger charge is -2.13. The van der Waals surface area contributed by atoms with E-state index in [9.17, 15) is 23.1 Å². The Labute approximate surface area is 152 Å². The minimum Gasteiger partial charge on any atom is -0.493 e. The number of para-hydroxylation sites is 1. The van der Waals surface area contributed by atoms with Crippen LogP contribution in [0.25, 0.3) is 11.0 Å². The second-order valence-corrected chi connectivity index (χ2v) is 5.83. The highest BCUT2D eigenvalue weighted by atomic mass is 19.4. The zero-order valence-electron chi connectivity index (χ0n) is 14.2. The van der Waals surface area contributed by atoms with Crippen molar-refractivity contribution < 1.29 is 32.2 Å². The molecule has 0 aliphatic heterocycles. The number of aliphatic hydroxyl groups excluding tert-OH is 1. The summed E-state index contributed by atoms with van der Waals surface area (Å²) in [5, 5.41) is 13.3. The van der Waals surface area contributed by atoms with Crippen molar-refractivity contribution in [2.45, 2.75) is 12.3 Å². The van der Waals surface area contributed by atoms with Gasteiger partial charge in [0.25, 0.3) is 5.91 Å². The summed E-state index contributed by atoms with van der Waals surface area (Å²) < 4.78 is 48.4. The van der Waals surface area contributed by atoms with Crippen molar-refractivity contribution in [2.75, 3.05) is 13.7 Å². The molecule has 0 aliphatic rings. The standard InChI is InChI=1S/C19H16F3NO4/c1-26-15-4-2-3-12-9-16(27-17(12)15)18(25)23-10-14(24)11-5-7-13(8-6-11)19(20,21)22/h2-9,14,24H,10H2,1H3,(H,23,25)/t14-/m1/s1. The quantitative estimate of drug-likeness (QED) is 0.705. The van der Waals surface area contributed by atoms with Gasteiger partial charge in [0.2, 0.25) is 0 Å². The number of carbonyl (C=O) groups is 1. The van der Waals surface area contributed by atoms with Crippen molar-refractivity contribution in [3.8, 4) is 5.75 Å². The second kappa shape index (κ2) is 7.32. The van der Waals surface area contributed by atoms with Gasteiger partial charge in [-0.05, 0) is 29.8 Å². The number of methoxy groups -OCH3 is 1. The third kappa shape index (κ3) is 4.06. The SMILES string of the molecule is COc1cccc2cc(C(=O)NC[C@@H](O)c3ccc(C(F)(F)F)cc3)oc12. The van der Waals surface area contributed by atoms with Gasteiger partial charge in [-0.2, -0.15) is 13.2 Å². The second-order valence-electron chi connectivity index (χ2n) is 5.83. The first-order valence-corrected chi connectivity index (χ1v) is 7.99. The summed E-state index contributed by atoms with van der Waals surface area (Å²) in [5.74, 6) is -0.0373. The molecule has 27 heavy (non-hydrogen) atoms. The molecule has 0 saturated heterocycles. The Morgan fingerprint density at radius 2 is 1.93 bits per heavy atom. The van der Waals surface area contributed by atoms with Crippen molar-refractivity contribution in [3.05, 3.63) is 65.4 Å². The maximum atomic E-state index is 12.6. The van der Waals surface area contributed by atoms with E-state index in [0.29, 0.717) is 16.7 Å². The summed E-state index contributed by atoms with van der Waals surface area (Å²) in [6.07, 6.45) is -5.60. The number of benzene rings is 2. The molecule has 2 N–H and O–H groups in total. The van der Waals surface area contributed by atoms with E-state index in [1.807, 2.05) is 0 Å². The minimum atomic E-state index is -4.44. The van der Waals surface area contributed by atoms with Crippen molar-refractivity contribution in [1.29, 1.82) is 0 Å². The van der Waals surface area contributed by atoms with Crippen molar-refractivity contribution in [3.63, 3.8) is 0 Å². The van der Waals surface area contributed by atoms with Gasteiger partial charge in [0, 0.05) is 11.9 Å². The normalized spacial score (nSPS) is 12.8. The Kier molecular flexibility index (Phi) is 5.09. The molecule has 0 aliphatic carbocycles. The third-order valence-electron chi connectivity index (χ3n) is 4.03. The van der Waals surface area contributed by atoms with Gasteiger partial charge in [0.05, 0.1) is 18.8 Å². The molecule has 8 heteroatoms. The van der Waals surface area contributed by atoms with Crippen LogP contribution >= 0.6 is 0 Å². The number of ether oxygens (including phenoxy) is 1. The van der Waals surface area contributed by atoms with E-state index in [0.717, 1.165) is 12.1 Å². The first kappa shape index (κ1) is 18.8. The van der Waals surface area contributed by atoms with Crippen LogP contribution < -0.4 is 10.1 Å². The fourth-order valence-corrected chi connectivity index (χ4v) is 2.60. The molecule has 0 fully saturated rings. The fourth-order valence-electron chi connectivity index (χ4n) is 2.60. The summed E-state index contributed by atoms with van der Waals surface area (Å²) in [6.45, 7) is -0.182. The Bertz CT molecular complexity index is 948. The van der Waals surface area contributed by atoms with E-state index in [1.54, 1.807) is 18.2 Å². The van der Waals surface area contributed by atoms with Gasteiger partial charge in [-0.15, -0.1) is 0 Å². The van der Waals surface area contributed by atoms with Gasteiger partial charge in [-0.25, -0.2) is 0 Å². The summed E-state index contributed by atoms with van der Waals surface area (Å²) in [5.41, 5.74) is -0.123. The van der Waals surface area contributed by atoms with Gasteiger partial charge in [-0.1, -0.05) is 24.3 Å². The van der Waals surface area contributed by atoms with Crippen LogP contribution in [0.5, 0.6) is 5.75 Å². The fraction of sp³-hybridized carbons (Fsp3) is 0.211. The van der Waals surface area contributed by atoms with E-state index in [2.05, 4.69) is 5.32 Å². The number of hydrogen-bond donors (Lipinski definition) is 2. The molecular formula is C19H16F3NO4. The first-order valence-electron chi connectivity index (χ1n) is 7.99. The molecule has 1 heterocycles. The molecule has 3 rings (SSSR count). The summed E-state index contributed by atoms with van der Waals surface area (Å²) in [6, 6.07) is 10.9. The lowest BCUT2D eigenvalue weighted by atomic mass is 10.1. The van der Waals surface area contributed by atoms with Crippen LogP contribution in [0.4, 0.5) is 13.2 Å². The highest BCUT2D eigenvalue weighted by molar-refractivity contribution is 5.97. The minimum absolute atomic E-state index is 0.0362. The highest BCUT2D eigenvalue weighted by Crippen LogP contribution is 2.30. The van der Waals surface area contributed by atoms with E-state index in [4.69, 9.17) is 9.15 Å². The summed E-state index contributed by atoms with van der Waals surface area (Å²) >= 11 is 0. The summed E-state index contributed by atoms with van der Waals surface area (Å²) in [4.78, 5) is 12.2. The van der Waals surface area contributed by atoms with Crippen molar-refractivity contribution in [1.82, 2.24) is 5.32 Å². The number of carbonyl (C=O) groups excluding carboxylic acids is 1. The van der Waals surface area contributed by atoms with E-state index < -0.39 is 23.8 Å². The molecule has 1 atom stereocenters. The Morgan fingerprint density at radius 1 is 1.22 bits per heavy atom. The highest BCUT2D eigenvalue weighted by Gasteiger charge is 2.30. The van der Waals surface area contributed by atoms with Gasteiger partial charge >= 0.3 is 6.18 Å². The van der Waals surface area contributed by atoms with E-state index >= 15 is 0 Å². The number of nitrogens with one attached hydrogen (secondary N) is 1. The van der Waals surface area contributed by atoms with Gasteiger partial charge in [-0.3, -0.25) is 4.79 Å². The van der Waals surface area contributed by atoms with Crippen molar-refractivity contribution >= 4 is 16.9 Å². The van der Waals surface area contributed by atoms with Crippen LogP contribution in [0.15, 0.2) is 52.9 Å². The van der Waals surface area contributed by atoms with Crippen LogP contribution in [-0.2, 0) is 6.18 Å². The van der Waals surface area contributed by atoms with Gasteiger partial charge in [0.1, 0.15) is 0 Å². The van der Waals surface area contributed by atoms with Crippen molar-refractivity contribution in [2.24, 2.45) is 0 Å². The zero-order valence-corrected chi connectivity index (χ0v) is 14.2. The molecule has 0 unspecified atom stereocenters. The monoisotopic (exact) mass is 379 g/mol. The predicted molar refractivity (Wildman–Crippen MR) is 91.5 cm³/mol. The van der Waals surface area contributed by atoms with Crippen LogP contribution in [-0.4, -0.2) is 24.7 Å². The molecule has 0 saturated carbocycles. The molecule has 2 aromatic carbocycles. The van der Waals surface area contributed by atoms with Gasteiger partial charge < -0.3 is 19.6 Å². The van der Waals surface area contributed by atoms with Gasteiger partial charge in [0.15, 0.2) is 17.1 Å². The zero-order chi connectivity index (χ0) is 19.6. The third-order valence-corrected chi connectivity index (χ3v) is 4.03. The molecule has 1 aromatic heterocycles. The van der Waals surface area contributed by atoms with E-state index in [-0.39, 0.29) is 17.9 Å². The summed E-state index contributed by atoms with van der Waals surface area (Å²) in [7, 11) is 1.48. The molecule has 5 nitrogen and oxygen atoms in total. The maximum Gasteiger partial charge on any atom is 0.416 e. The number of rotatable bonds is 5. The number of amides is 1. The molecule has 1 amide bonds. The Hall–Kier alpha value is -3.00. The molecule has 0 bridgehead atoms. The van der Waals surface area contributed by atoms with Crippen LogP contribution in [0.2, 0.25) is 0 Å². The maximum absolute atomic E-state index is 12.6. The Balaban J connectivity index is 1.66. The lowest BCUT2D eigenvalue weighted by Crippen LogP contribution is -2.28. The average Bonchev–Trinajstić information content (AvgIpc) is 3.09. The molecule has 142 valence electrons. The number of fused-ring (bicyclic) bond motifs is 1. The lowest BCUT2D eigenvalue weighted by molar-refractivity contribution is -0.137. The average molecular weight is 379 g/mol. The smallest absolute Gasteiger partial charge is 0.416 e. The topological polar surface area (TPSA) is 71.7 Å². The number of alkyl halides is 3. The van der Waals surface area contributed by atoms with E-state index in [1.165, 1.54) is 25.3 Å². The number of hydrogen-bond acceptors (Lipinski definition) is 4. The largest absolute Gasteiger partial charge is 0.493 e. The molecule has 0 radical (unpaired) electrons. The molecule has 0 spiro atoms. The first-order chi connectivity index (χ1) is 12.8. The Morgan fingerprint density at radius 3 is 2.56 bits per heavy atom. The predicted octanol–water partition coefficient (Wildman–Crippen LogP) is 3.92. The molecular weight excluding hydrogens is 363 g/mol. The number of aliphatic hydroxyl groups is 1. The van der Waals surface area contributed by atoms with Crippen LogP contribution in [0, 0.1) is 0 Å². The van der Waals surface area contributed by atoms with Crippen LogP contribution in [0.3, 0.4) is 0 Å². The van der Waals surface area contributed by atoms with Crippen LogP contribution in [0.1, 0.15) is 27.8 Å². The molecule has 3 aromatic rings. The number of furan rings is 1. The number of halogens is 3.